The Balaban J connectivity index is 2.62. The molecule has 92 valence electrons. The van der Waals surface area contributed by atoms with Crippen LogP contribution in [0.3, 0.4) is 0 Å². The molecule has 0 aliphatic heterocycles. The molecule has 0 spiro atoms. The summed E-state index contributed by atoms with van der Waals surface area (Å²) < 4.78 is 4.47. The van der Waals surface area contributed by atoms with E-state index in [0.717, 1.165) is 5.56 Å². The van der Waals surface area contributed by atoms with Crippen molar-refractivity contribution in [3.8, 4) is 0 Å². The van der Waals surface area contributed by atoms with Crippen LogP contribution in [0.15, 0.2) is 30.3 Å². The highest BCUT2D eigenvalue weighted by Gasteiger charge is 2.18. The largest absolute Gasteiger partial charge is 0.468 e. The Kier molecular flexibility index (Phi) is 5.20. The van der Waals surface area contributed by atoms with Gasteiger partial charge in [-0.1, -0.05) is 37.3 Å². The molecule has 0 fully saturated rings. The molecule has 0 heterocycles. The molecule has 0 saturated heterocycles. The van der Waals surface area contributed by atoms with Gasteiger partial charge in [0.15, 0.2) is 0 Å². The van der Waals surface area contributed by atoms with E-state index >= 15 is 0 Å². The van der Waals surface area contributed by atoms with E-state index in [9.17, 15) is 9.59 Å². The molecule has 0 aliphatic rings. The van der Waals surface area contributed by atoms with E-state index in [1.165, 1.54) is 7.11 Å². The first-order valence-corrected chi connectivity index (χ1v) is 5.58. The zero-order chi connectivity index (χ0) is 12.7. The van der Waals surface area contributed by atoms with E-state index in [0.29, 0.717) is 6.42 Å². The number of amides is 1. The molecule has 4 heteroatoms. The van der Waals surface area contributed by atoms with Gasteiger partial charge in [0.25, 0.3) is 0 Å². The fourth-order valence-electron chi connectivity index (χ4n) is 1.61. The van der Waals surface area contributed by atoms with Crippen LogP contribution in [0.4, 0.5) is 0 Å². The SMILES string of the molecule is CC[C@H](C(=O)NCC(=O)OC)c1ccccc1. The van der Waals surface area contributed by atoms with Crippen LogP contribution in [-0.2, 0) is 14.3 Å². The number of carbonyl (C=O) groups is 2. The van der Waals surface area contributed by atoms with Crippen molar-refractivity contribution < 1.29 is 14.3 Å². The number of hydrogen-bond donors (Lipinski definition) is 1. The Bertz CT molecular complexity index is 376. The summed E-state index contributed by atoms with van der Waals surface area (Å²) in [6, 6.07) is 9.51. The van der Waals surface area contributed by atoms with E-state index in [4.69, 9.17) is 0 Å². The number of carbonyl (C=O) groups excluding carboxylic acids is 2. The van der Waals surface area contributed by atoms with Gasteiger partial charge < -0.3 is 10.1 Å². The molecule has 1 N–H and O–H groups in total. The van der Waals surface area contributed by atoms with Gasteiger partial charge in [-0.3, -0.25) is 9.59 Å². The summed E-state index contributed by atoms with van der Waals surface area (Å²) in [5.41, 5.74) is 0.956. The third kappa shape index (κ3) is 3.90. The molecule has 0 aromatic heterocycles. The number of methoxy groups -OCH3 is 1. The van der Waals surface area contributed by atoms with Crippen molar-refractivity contribution in [1.29, 1.82) is 0 Å². The first-order chi connectivity index (χ1) is 8.19. The Labute approximate surface area is 101 Å². The summed E-state index contributed by atoms with van der Waals surface area (Å²) >= 11 is 0. The van der Waals surface area contributed by atoms with Crippen molar-refractivity contribution in [3.05, 3.63) is 35.9 Å². The summed E-state index contributed by atoms with van der Waals surface area (Å²) in [5.74, 6) is -0.814. The maximum atomic E-state index is 11.9. The Morgan fingerprint density at radius 2 is 1.94 bits per heavy atom. The van der Waals surface area contributed by atoms with Crippen LogP contribution >= 0.6 is 0 Å². The number of hydrogen-bond acceptors (Lipinski definition) is 3. The summed E-state index contributed by atoms with van der Waals surface area (Å²) in [6.07, 6.45) is 0.691. The molecular weight excluding hydrogens is 218 g/mol. The fourth-order valence-corrected chi connectivity index (χ4v) is 1.61. The van der Waals surface area contributed by atoms with E-state index < -0.39 is 5.97 Å². The molecular formula is C13H17NO3. The predicted molar refractivity (Wildman–Crippen MR) is 64.5 cm³/mol. The number of rotatable bonds is 5. The molecule has 0 bridgehead atoms. The van der Waals surface area contributed by atoms with Gasteiger partial charge in [0.05, 0.1) is 13.0 Å². The Morgan fingerprint density at radius 1 is 1.29 bits per heavy atom. The second-order valence-corrected chi connectivity index (χ2v) is 3.67. The molecule has 4 nitrogen and oxygen atoms in total. The van der Waals surface area contributed by atoms with E-state index in [2.05, 4.69) is 10.1 Å². The van der Waals surface area contributed by atoms with Crippen molar-refractivity contribution >= 4 is 11.9 Å². The van der Waals surface area contributed by atoms with E-state index in [-0.39, 0.29) is 18.4 Å². The van der Waals surface area contributed by atoms with Crippen LogP contribution in [0, 0.1) is 0 Å². The van der Waals surface area contributed by atoms with Crippen LogP contribution < -0.4 is 5.32 Å². The zero-order valence-electron chi connectivity index (χ0n) is 10.1. The number of benzene rings is 1. The molecule has 1 aromatic rings. The minimum absolute atomic E-state index is 0.0847. The zero-order valence-corrected chi connectivity index (χ0v) is 10.1. The smallest absolute Gasteiger partial charge is 0.325 e. The van der Waals surface area contributed by atoms with Crippen LogP contribution in [0.2, 0.25) is 0 Å². The van der Waals surface area contributed by atoms with Crippen molar-refractivity contribution in [3.63, 3.8) is 0 Å². The molecule has 17 heavy (non-hydrogen) atoms. The summed E-state index contributed by atoms with van der Waals surface area (Å²) in [6.45, 7) is 1.86. The van der Waals surface area contributed by atoms with Crippen LogP contribution in [0.5, 0.6) is 0 Å². The highest BCUT2D eigenvalue weighted by molar-refractivity contribution is 5.86. The molecule has 0 unspecified atom stereocenters. The van der Waals surface area contributed by atoms with Gasteiger partial charge in [0, 0.05) is 0 Å². The molecule has 1 atom stereocenters. The summed E-state index contributed by atoms with van der Waals surface area (Å²) in [5, 5.41) is 2.57. The highest BCUT2D eigenvalue weighted by atomic mass is 16.5. The van der Waals surface area contributed by atoms with Crippen LogP contribution in [0.1, 0.15) is 24.8 Å². The number of ether oxygens (including phenoxy) is 1. The quantitative estimate of drug-likeness (QED) is 0.786. The lowest BCUT2D eigenvalue weighted by molar-refractivity contribution is -0.141. The lowest BCUT2D eigenvalue weighted by Crippen LogP contribution is -2.33. The normalized spacial score (nSPS) is 11.6. The molecule has 0 aliphatic carbocycles. The number of nitrogens with one attached hydrogen (secondary N) is 1. The molecule has 1 rings (SSSR count). The van der Waals surface area contributed by atoms with Crippen molar-refractivity contribution in [2.45, 2.75) is 19.3 Å². The second kappa shape index (κ2) is 6.68. The average Bonchev–Trinajstić information content (AvgIpc) is 2.38. The lowest BCUT2D eigenvalue weighted by Gasteiger charge is -2.14. The van der Waals surface area contributed by atoms with Crippen molar-refractivity contribution in [2.75, 3.05) is 13.7 Å². The monoisotopic (exact) mass is 235 g/mol. The average molecular weight is 235 g/mol. The molecule has 0 saturated carbocycles. The summed E-state index contributed by atoms with van der Waals surface area (Å²) in [7, 11) is 1.29. The molecule has 1 amide bonds. The van der Waals surface area contributed by atoms with E-state index in [1.54, 1.807) is 0 Å². The molecule has 0 radical (unpaired) electrons. The van der Waals surface area contributed by atoms with Crippen molar-refractivity contribution in [2.24, 2.45) is 0 Å². The number of esters is 1. The third-order valence-corrected chi connectivity index (χ3v) is 2.56. The van der Waals surface area contributed by atoms with Gasteiger partial charge in [-0.2, -0.15) is 0 Å². The predicted octanol–water partition coefficient (Wildman–Crippen LogP) is 1.47. The first kappa shape index (κ1) is 13.2. The Hall–Kier alpha value is -1.84. The van der Waals surface area contributed by atoms with Gasteiger partial charge in [0.1, 0.15) is 6.54 Å². The van der Waals surface area contributed by atoms with Crippen LogP contribution in [-0.4, -0.2) is 25.5 Å². The van der Waals surface area contributed by atoms with Gasteiger partial charge in [-0.05, 0) is 12.0 Å². The lowest BCUT2D eigenvalue weighted by atomic mass is 9.96. The second-order valence-electron chi connectivity index (χ2n) is 3.67. The topological polar surface area (TPSA) is 55.4 Å². The van der Waals surface area contributed by atoms with E-state index in [1.807, 2.05) is 37.3 Å². The maximum Gasteiger partial charge on any atom is 0.325 e. The minimum atomic E-state index is -0.443. The van der Waals surface area contributed by atoms with Gasteiger partial charge >= 0.3 is 5.97 Å². The highest BCUT2D eigenvalue weighted by Crippen LogP contribution is 2.18. The van der Waals surface area contributed by atoms with Crippen molar-refractivity contribution in [1.82, 2.24) is 5.32 Å². The summed E-state index contributed by atoms with van der Waals surface area (Å²) in [4.78, 5) is 22.8. The standard InChI is InChI=1S/C13H17NO3/c1-3-11(10-7-5-4-6-8-10)13(16)14-9-12(15)17-2/h4-8,11H,3,9H2,1-2H3,(H,14,16)/t11-/m0/s1. The van der Waals surface area contributed by atoms with Gasteiger partial charge in [-0.15, -0.1) is 0 Å². The fraction of sp³-hybridized carbons (Fsp3) is 0.385. The molecule has 1 aromatic carbocycles. The Morgan fingerprint density at radius 3 is 2.47 bits per heavy atom. The minimum Gasteiger partial charge on any atom is -0.468 e. The third-order valence-electron chi connectivity index (χ3n) is 2.56. The van der Waals surface area contributed by atoms with Crippen LogP contribution in [0.25, 0.3) is 0 Å². The maximum absolute atomic E-state index is 11.9. The van der Waals surface area contributed by atoms with Gasteiger partial charge in [-0.25, -0.2) is 0 Å². The first-order valence-electron chi connectivity index (χ1n) is 5.58. The van der Waals surface area contributed by atoms with Gasteiger partial charge in [0.2, 0.25) is 5.91 Å².